The quantitative estimate of drug-likeness (QED) is 0.351. The van der Waals surface area contributed by atoms with Gasteiger partial charge < -0.3 is 4.79 Å². The summed E-state index contributed by atoms with van der Waals surface area (Å²) in [4.78, 5) is 37.1. The van der Waals surface area contributed by atoms with Gasteiger partial charge in [-0.05, 0) is 19.8 Å². The molecule has 2 unspecified atom stereocenters. The maximum absolute atomic E-state index is 12.5. The smallest absolute Gasteiger partial charge is 0.233 e. The second-order valence-electron chi connectivity index (χ2n) is 7.37. The van der Waals surface area contributed by atoms with Crippen LogP contribution in [0.5, 0.6) is 0 Å². The fourth-order valence-corrected chi connectivity index (χ4v) is 3.30. The van der Waals surface area contributed by atoms with Crippen LogP contribution in [0.3, 0.4) is 0 Å². The summed E-state index contributed by atoms with van der Waals surface area (Å²) in [5.41, 5.74) is -0.502. The lowest BCUT2D eigenvalue weighted by molar-refractivity contribution is -0.143. The zero-order valence-electron chi connectivity index (χ0n) is 14.6. The van der Waals surface area contributed by atoms with Gasteiger partial charge in [0.05, 0.1) is 0 Å². The van der Waals surface area contributed by atoms with Crippen molar-refractivity contribution in [3.05, 3.63) is 0 Å². The minimum absolute atomic E-state index is 0.0327. The normalized spacial score (nSPS) is 20.5. The van der Waals surface area contributed by atoms with E-state index in [2.05, 4.69) is 6.92 Å². The first-order valence-electron chi connectivity index (χ1n) is 8.64. The molecule has 1 fully saturated rings. The van der Waals surface area contributed by atoms with Crippen molar-refractivity contribution in [1.82, 2.24) is 4.90 Å². The highest BCUT2D eigenvalue weighted by molar-refractivity contribution is 6.03. The highest BCUT2D eigenvalue weighted by Crippen LogP contribution is 2.30. The number of hydrogen-bond donors (Lipinski definition) is 0. The van der Waals surface area contributed by atoms with Gasteiger partial charge in [0, 0.05) is 23.8 Å². The van der Waals surface area contributed by atoms with E-state index in [0.717, 1.165) is 25.5 Å². The van der Waals surface area contributed by atoms with E-state index in [0.29, 0.717) is 12.8 Å². The van der Waals surface area contributed by atoms with Crippen LogP contribution in [0, 0.1) is 11.3 Å². The van der Waals surface area contributed by atoms with E-state index in [1.807, 2.05) is 20.8 Å². The monoisotopic (exact) mass is 309 g/mol. The summed E-state index contributed by atoms with van der Waals surface area (Å²) in [7, 11) is 0. The molecule has 0 radical (unpaired) electrons. The summed E-state index contributed by atoms with van der Waals surface area (Å²) >= 11 is 0. The van der Waals surface area contributed by atoms with Gasteiger partial charge in [0.15, 0.2) is 0 Å². The molecule has 0 aromatic carbocycles. The van der Waals surface area contributed by atoms with E-state index >= 15 is 0 Å². The third kappa shape index (κ3) is 5.22. The second kappa shape index (κ2) is 8.44. The van der Waals surface area contributed by atoms with Crippen molar-refractivity contribution in [1.29, 1.82) is 0 Å². The molecule has 1 saturated heterocycles. The highest BCUT2D eigenvalue weighted by atomic mass is 16.2. The van der Waals surface area contributed by atoms with Crippen LogP contribution in [0.15, 0.2) is 0 Å². The Labute approximate surface area is 134 Å². The molecule has 0 saturated carbocycles. The van der Waals surface area contributed by atoms with Gasteiger partial charge in [0.1, 0.15) is 6.29 Å². The lowest BCUT2D eigenvalue weighted by atomic mass is 9.87. The molecule has 1 aliphatic rings. The molecule has 0 bridgehead atoms. The molecule has 4 heteroatoms. The van der Waals surface area contributed by atoms with E-state index in [4.69, 9.17) is 0 Å². The van der Waals surface area contributed by atoms with Gasteiger partial charge in [-0.3, -0.25) is 14.5 Å². The summed E-state index contributed by atoms with van der Waals surface area (Å²) in [5.74, 6) is -0.247. The summed E-state index contributed by atoms with van der Waals surface area (Å²) < 4.78 is 0. The molecule has 126 valence electrons. The Morgan fingerprint density at radius 1 is 1.23 bits per heavy atom. The molecule has 1 aliphatic heterocycles. The van der Waals surface area contributed by atoms with Crippen LogP contribution in [-0.4, -0.2) is 29.0 Å². The Morgan fingerprint density at radius 2 is 1.86 bits per heavy atom. The number of rotatable bonds is 10. The minimum Gasteiger partial charge on any atom is -0.303 e. The Balaban J connectivity index is 2.51. The predicted octanol–water partition coefficient (Wildman–Crippen LogP) is 3.73. The van der Waals surface area contributed by atoms with Crippen molar-refractivity contribution >= 4 is 18.1 Å². The van der Waals surface area contributed by atoms with E-state index in [-0.39, 0.29) is 23.8 Å². The van der Waals surface area contributed by atoms with Crippen LogP contribution in [0.2, 0.25) is 0 Å². The van der Waals surface area contributed by atoms with Crippen LogP contribution in [-0.2, 0) is 14.4 Å². The van der Waals surface area contributed by atoms with Gasteiger partial charge in [-0.1, -0.05) is 52.9 Å². The van der Waals surface area contributed by atoms with E-state index in [1.54, 1.807) is 0 Å². The molecule has 4 nitrogen and oxygen atoms in total. The van der Waals surface area contributed by atoms with Gasteiger partial charge in [-0.2, -0.15) is 0 Å². The van der Waals surface area contributed by atoms with Crippen molar-refractivity contribution in [3.63, 3.8) is 0 Å². The van der Waals surface area contributed by atoms with Crippen molar-refractivity contribution in [2.45, 2.75) is 85.1 Å². The maximum atomic E-state index is 12.5. The topological polar surface area (TPSA) is 54.5 Å². The lowest BCUT2D eigenvalue weighted by Crippen LogP contribution is -2.41. The van der Waals surface area contributed by atoms with Crippen molar-refractivity contribution in [2.24, 2.45) is 11.3 Å². The van der Waals surface area contributed by atoms with Gasteiger partial charge in [0.2, 0.25) is 11.8 Å². The van der Waals surface area contributed by atoms with Crippen LogP contribution in [0.25, 0.3) is 0 Å². The largest absolute Gasteiger partial charge is 0.303 e. The molecule has 0 aliphatic carbocycles. The second-order valence-corrected chi connectivity index (χ2v) is 7.37. The van der Waals surface area contributed by atoms with Crippen LogP contribution in [0.1, 0.15) is 79.1 Å². The number of carbonyl (C=O) groups is 3. The number of carbonyl (C=O) groups excluding carboxylic acids is 3. The minimum atomic E-state index is -0.502. The van der Waals surface area contributed by atoms with Crippen molar-refractivity contribution in [2.75, 3.05) is 0 Å². The first-order chi connectivity index (χ1) is 10.3. The Morgan fingerprint density at radius 3 is 2.45 bits per heavy atom. The summed E-state index contributed by atoms with van der Waals surface area (Å²) in [5, 5.41) is 0. The standard InChI is InChI=1S/C18H31NO3/c1-5-6-7-8-9-10-15-11-16(21)19(17(15)22)14(2)12-18(3,4)13-20/h13-15H,5-12H2,1-4H3. The third-order valence-corrected chi connectivity index (χ3v) is 4.51. The number of nitrogens with zero attached hydrogens (tertiary/aromatic N) is 1. The molecule has 1 heterocycles. The van der Waals surface area contributed by atoms with Crippen molar-refractivity contribution < 1.29 is 14.4 Å². The molecule has 22 heavy (non-hydrogen) atoms. The average Bonchev–Trinajstić information content (AvgIpc) is 2.73. The molecule has 0 spiro atoms. The zero-order chi connectivity index (χ0) is 16.8. The van der Waals surface area contributed by atoms with Crippen LogP contribution < -0.4 is 0 Å². The fourth-order valence-electron chi connectivity index (χ4n) is 3.30. The highest BCUT2D eigenvalue weighted by Gasteiger charge is 2.41. The summed E-state index contributed by atoms with van der Waals surface area (Å²) in [6.07, 6.45) is 8.40. The number of unbranched alkanes of at least 4 members (excludes halogenated alkanes) is 4. The van der Waals surface area contributed by atoms with E-state index < -0.39 is 5.41 Å². The fraction of sp³-hybridized carbons (Fsp3) is 0.833. The van der Waals surface area contributed by atoms with E-state index in [9.17, 15) is 14.4 Å². The van der Waals surface area contributed by atoms with Crippen LogP contribution in [0.4, 0.5) is 0 Å². The maximum Gasteiger partial charge on any atom is 0.233 e. The third-order valence-electron chi connectivity index (χ3n) is 4.51. The van der Waals surface area contributed by atoms with Crippen molar-refractivity contribution in [3.8, 4) is 0 Å². The Hall–Kier alpha value is -1.19. The first kappa shape index (κ1) is 18.9. The Kier molecular flexibility index (Phi) is 7.24. The van der Waals surface area contributed by atoms with Crippen LogP contribution >= 0.6 is 0 Å². The van der Waals surface area contributed by atoms with Gasteiger partial charge in [0.25, 0.3) is 0 Å². The number of imide groups is 1. The molecule has 0 aromatic rings. The number of hydrogen-bond acceptors (Lipinski definition) is 3. The summed E-state index contributed by atoms with van der Waals surface area (Å²) in [6, 6.07) is -0.203. The first-order valence-corrected chi connectivity index (χ1v) is 8.64. The molecule has 2 amide bonds. The average molecular weight is 309 g/mol. The molecular weight excluding hydrogens is 278 g/mol. The van der Waals surface area contributed by atoms with Gasteiger partial charge in [-0.25, -0.2) is 0 Å². The predicted molar refractivity (Wildman–Crippen MR) is 87.3 cm³/mol. The molecule has 0 aromatic heterocycles. The Bertz CT molecular complexity index is 403. The number of likely N-dealkylation sites (tertiary alicyclic amines) is 1. The SMILES string of the molecule is CCCCCCCC1CC(=O)N(C(C)CC(C)(C)C=O)C1=O. The van der Waals surface area contributed by atoms with Gasteiger partial charge in [-0.15, -0.1) is 0 Å². The molecule has 2 atom stereocenters. The number of aldehydes is 1. The number of amides is 2. The molecule has 0 N–H and O–H groups in total. The zero-order valence-corrected chi connectivity index (χ0v) is 14.6. The van der Waals surface area contributed by atoms with E-state index in [1.165, 1.54) is 24.2 Å². The molecule has 1 rings (SSSR count). The molecular formula is C18H31NO3. The van der Waals surface area contributed by atoms with Gasteiger partial charge >= 0.3 is 0 Å². The lowest BCUT2D eigenvalue weighted by Gasteiger charge is -2.28. The summed E-state index contributed by atoms with van der Waals surface area (Å²) in [6.45, 7) is 7.73.